The summed E-state index contributed by atoms with van der Waals surface area (Å²) in [6, 6.07) is 8.56. The Kier molecular flexibility index (Phi) is 5.61. The lowest BCUT2D eigenvalue weighted by molar-refractivity contribution is 0.0948. The van der Waals surface area contributed by atoms with E-state index in [9.17, 15) is 9.59 Å². The summed E-state index contributed by atoms with van der Waals surface area (Å²) in [5, 5.41) is 2.89. The molecule has 0 unspecified atom stereocenters. The van der Waals surface area contributed by atoms with Crippen LogP contribution in [0.2, 0.25) is 0 Å². The van der Waals surface area contributed by atoms with Crippen molar-refractivity contribution in [1.82, 2.24) is 15.3 Å². The molecule has 0 aliphatic carbocycles. The number of nitrogens with zero attached hydrogens (tertiary/aromatic N) is 3. The Hall–Kier alpha value is -2.76. The van der Waals surface area contributed by atoms with Crippen molar-refractivity contribution >= 4 is 17.6 Å². The monoisotopic (exact) mass is 352 g/mol. The zero-order valence-corrected chi connectivity index (χ0v) is 15.3. The first-order valence-electron chi connectivity index (χ1n) is 9.01. The summed E-state index contributed by atoms with van der Waals surface area (Å²) >= 11 is 0. The zero-order valence-electron chi connectivity index (χ0n) is 15.3. The maximum atomic E-state index is 12.3. The van der Waals surface area contributed by atoms with Gasteiger partial charge in [0.1, 0.15) is 0 Å². The molecule has 26 heavy (non-hydrogen) atoms. The molecule has 6 heteroatoms. The van der Waals surface area contributed by atoms with Gasteiger partial charge in [0.25, 0.3) is 5.91 Å². The van der Waals surface area contributed by atoms with Crippen molar-refractivity contribution in [3.8, 4) is 0 Å². The van der Waals surface area contributed by atoms with Crippen LogP contribution in [0, 0.1) is 6.92 Å². The van der Waals surface area contributed by atoms with Crippen LogP contribution in [0.3, 0.4) is 0 Å². The number of carbonyl (C=O) groups excluding carboxylic acids is 2. The third-order valence-electron chi connectivity index (χ3n) is 4.52. The van der Waals surface area contributed by atoms with Crippen LogP contribution in [-0.4, -0.2) is 34.7 Å². The van der Waals surface area contributed by atoms with Crippen LogP contribution in [0.4, 0.5) is 5.95 Å². The number of aromatic nitrogens is 2. The predicted octanol–water partition coefficient (Wildman–Crippen LogP) is 2.91. The number of rotatable bonds is 5. The van der Waals surface area contributed by atoms with Crippen LogP contribution in [0.5, 0.6) is 0 Å². The van der Waals surface area contributed by atoms with Gasteiger partial charge in [-0.25, -0.2) is 9.97 Å². The van der Waals surface area contributed by atoms with Crippen LogP contribution >= 0.6 is 0 Å². The molecule has 1 aliphatic rings. The highest BCUT2D eigenvalue weighted by molar-refractivity contribution is 5.97. The number of amides is 1. The molecule has 1 fully saturated rings. The van der Waals surface area contributed by atoms with E-state index in [0.717, 1.165) is 30.4 Å². The zero-order chi connectivity index (χ0) is 18.5. The lowest BCUT2D eigenvalue weighted by atomic mass is 10.1. The van der Waals surface area contributed by atoms with Crippen molar-refractivity contribution in [3.05, 3.63) is 52.8 Å². The van der Waals surface area contributed by atoms with Crippen molar-refractivity contribution in [3.63, 3.8) is 0 Å². The van der Waals surface area contributed by atoms with Gasteiger partial charge in [0.15, 0.2) is 5.78 Å². The summed E-state index contributed by atoms with van der Waals surface area (Å²) in [7, 11) is 0. The molecule has 6 nitrogen and oxygen atoms in total. The maximum absolute atomic E-state index is 12.3. The number of ketones is 1. The third-order valence-corrected chi connectivity index (χ3v) is 4.52. The summed E-state index contributed by atoms with van der Waals surface area (Å²) in [5.41, 5.74) is 2.82. The van der Waals surface area contributed by atoms with Crippen molar-refractivity contribution < 1.29 is 9.59 Å². The Bertz CT molecular complexity index is 796. The molecule has 1 aliphatic heterocycles. The standard InChI is InChI=1S/C20H24N4O2/c1-14-12-18(23-20(22-14)24-10-4-3-5-11-24)13-21-19(26)17-8-6-16(7-9-17)15(2)25/h6-9,12H,3-5,10-11,13H2,1-2H3,(H,21,26). The molecule has 0 atom stereocenters. The van der Waals surface area contributed by atoms with Gasteiger partial charge in [0.2, 0.25) is 5.95 Å². The maximum Gasteiger partial charge on any atom is 0.251 e. The van der Waals surface area contributed by atoms with Crippen LogP contribution in [0.15, 0.2) is 30.3 Å². The smallest absolute Gasteiger partial charge is 0.251 e. The van der Waals surface area contributed by atoms with Gasteiger partial charge in [-0.1, -0.05) is 12.1 Å². The number of aryl methyl sites for hydroxylation is 1. The number of anilines is 1. The van der Waals surface area contributed by atoms with E-state index in [2.05, 4.69) is 20.2 Å². The minimum Gasteiger partial charge on any atom is -0.346 e. The highest BCUT2D eigenvalue weighted by atomic mass is 16.1. The van der Waals surface area contributed by atoms with E-state index in [1.807, 2.05) is 13.0 Å². The van der Waals surface area contributed by atoms with Crippen LogP contribution in [0.1, 0.15) is 58.3 Å². The van der Waals surface area contributed by atoms with Crippen molar-refractivity contribution in [2.45, 2.75) is 39.7 Å². The van der Waals surface area contributed by atoms with E-state index in [1.165, 1.54) is 26.2 Å². The lowest BCUT2D eigenvalue weighted by Gasteiger charge is -2.27. The number of Topliss-reactive ketones (excluding diaryl/α,β-unsaturated/α-hetero) is 1. The van der Waals surface area contributed by atoms with E-state index in [4.69, 9.17) is 0 Å². The number of carbonyl (C=O) groups is 2. The van der Waals surface area contributed by atoms with Gasteiger partial charge in [0, 0.05) is 29.9 Å². The summed E-state index contributed by atoms with van der Waals surface area (Å²) in [4.78, 5) is 35.0. The van der Waals surface area contributed by atoms with E-state index in [0.29, 0.717) is 17.7 Å². The Morgan fingerprint density at radius 2 is 1.69 bits per heavy atom. The van der Waals surface area contributed by atoms with E-state index >= 15 is 0 Å². The van der Waals surface area contributed by atoms with E-state index in [-0.39, 0.29) is 11.7 Å². The molecule has 1 N–H and O–H groups in total. The Morgan fingerprint density at radius 1 is 1.04 bits per heavy atom. The van der Waals surface area contributed by atoms with Gasteiger partial charge >= 0.3 is 0 Å². The molecule has 0 radical (unpaired) electrons. The molecule has 2 heterocycles. The van der Waals surface area contributed by atoms with Crippen molar-refractivity contribution in [2.75, 3.05) is 18.0 Å². The third kappa shape index (κ3) is 4.45. The number of hydrogen-bond donors (Lipinski definition) is 1. The molecule has 1 amide bonds. The molecular formula is C20H24N4O2. The van der Waals surface area contributed by atoms with Crippen molar-refractivity contribution in [2.24, 2.45) is 0 Å². The number of nitrogens with one attached hydrogen (secondary N) is 1. The fourth-order valence-corrected chi connectivity index (χ4v) is 3.07. The van der Waals surface area contributed by atoms with Gasteiger partial charge in [0.05, 0.1) is 12.2 Å². The average Bonchev–Trinajstić information content (AvgIpc) is 2.66. The summed E-state index contributed by atoms with van der Waals surface area (Å²) in [6.07, 6.45) is 3.59. The Morgan fingerprint density at radius 3 is 2.35 bits per heavy atom. The van der Waals surface area contributed by atoms with Gasteiger partial charge in [-0.05, 0) is 51.3 Å². The second kappa shape index (κ2) is 8.08. The highest BCUT2D eigenvalue weighted by Crippen LogP contribution is 2.16. The van der Waals surface area contributed by atoms with E-state index < -0.39 is 0 Å². The second-order valence-electron chi connectivity index (χ2n) is 6.66. The molecule has 1 saturated heterocycles. The fraction of sp³-hybridized carbons (Fsp3) is 0.400. The van der Waals surface area contributed by atoms with Crippen LogP contribution in [0.25, 0.3) is 0 Å². The molecule has 0 saturated carbocycles. The first kappa shape index (κ1) is 18.0. The predicted molar refractivity (Wildman–Crippen MR) is 100 cm³/mol. The van der Waals surface area contributed by atoms with Crippen LogP contribution in [-0.2, 0) is 6.54 Å². The van der Waals surface area contributed by atoms with Gasteiger partial charge in [-0.2, -0.15) is 0 Å². The number of benzene rings is 1. The normalized spacial score (nSPS) is 14.2. The van der Waals surface area contributed by atoms with Gasteiger partial charge in [-0.15, -0.1) is 0 Å². The summed E-state index contributed by atoms with van der Waals surface area (Å²) < 4.78 is 0. The largest absolute Gasteiger partial charge is 0.346 e. The quantitative estimate of drug-likeness (QED) is 0.838. The average molecular weight is 352 g/mol. The molecular weight excluding hydrogens is 328 g/mol. The summed E-state index contributed by atoms with van der Waals surface area (Å²) in [6.45, 7) is 5.76. The molecule has 0 bridgehead atoms. The summed E-state index contributed by atoms with van der Waals surface area (Å²) in [5.74, 6) is 0.550. The second-order valence-corrected chi connectivity index (χ2v) is 6.66. The van der Waals surface area contributed by atoms with Gasteiger partial charge in [-0.3, -0.25) is 9.59 Å². The lowest BCUT2D eigenvalue weighted by Crippen LogP contribution is -2.32. The number of piperidine rings is 1. The SMILES string of the molecule is CC(=O)c1ccc(C(=O)NCc2cc(C)nc(N3CCCCC3)n2)cc1. The molecule has 1 aromatic heterocycles. The van der Waals surface area contributed by atoms with Crippen LogP contribution < -0.4 is 10.2 Å². The molecule has 136 valence electrons. The fourth-order valence-electron chi connectivity index (χ4n) is 3.07. The Balaban J connectivity index is 1.65. The minimum atomic E-state index is -0.184. The number of hydrogen-bond acceptors (Lipinski definition) is 5. The molecule has 0 spiro atoms. The van der Waals surface area contributed by atoms with Crippen molar-refractivity contribution in [1.29, 1.82) is 0 Å². The minimum absolute atomic E-state index is 0.0151. The topological polar surface area (TPSA) is 75.2 Å². The van der Waals surface area contributed by atoms with Gasteiger partial charge < -0.3 is 10.2 Å². The Labute approximate surface area is 153 Å². The molecule has 1 aromatic carbocycles. The molecule has 2 aromatic rings. The van der Waals surface area contributed by atoms with E-state index in [1.54, 1.807) is 24.3 Å². The highest BCUT2D eigenvalue weighted by Gasteiger charge is 2.15. The first-order chi connectivity index (χ1) is 12.5. The first-order valence-corrected chi connectivity index (χ1v) is 9.01. The molecule has 3 rings (SSSR count).